The number of aldehydes is 1. The van der Waals surface area contributed by atoms with E-state index in [1.807, 2.05) is 37.3 Å². The van der Waals surface area contributed by atoms with Gasteiger partial charge in [-0.3, -0.25) is 4.79 Å². The van der Waals surface area contributed by atoms with Gasteiger partial charge in [-0.1, -0.05) is 28.1 Å². The molecule has 0 N–H and O–H groups in total. The van der Waals surface area contributed by atoms with Crippen LogP contribution in [0.25, 0.3) is 11.3 Å². The highest BCUT2D eigenvalue weighted by molar-refractivity contribution is 9.10. The van der Waals surface area contributed by atoms with Crippen molar-refractivity contribution in [3.05, 3.63) is 46.3 Å². The first-order chi connectivity index (χ1) is 7.69. The van der Waals surface area contributed by atoms with Gasteiger partial charge in [-0.2, -0.15) is 0 Å². The molecule has 0 aliphatic rings. The number of nitrogens with zero attached hydrogens (tertiary/aromatic N) is 2. The summed E-state index contributed by atoms with van der Waals surface area (Å²) in [5.41, 5.74) is 2.52. The molecule has 80 valence electrons. The summed E-state index contributed by atoms with van der Waals surface area (Å²) in [6.45, 7) is 1.84. The quantitative estimate of drug-likeness (QED) is 0.792. The molecule has 0 spiro atoms. The SMILES string of the molecule is Cc1cc(-c2ccc(Br)cc2)nc(C=O)n1. The van der Waals surface area contributed by atoms with E-state index in [9.17, 15) is 4.79 Å². The van der Waals surface area contributed by atoms with Gasteiger partial charge in [-0.25, -0.2) is 9.97 Å². The van der Waals surface area contributed by atoms with Crippen LogP contribution in [0, 0.1) is 6.92 Å². The Balaban J connectivity index is 2.51. The maximum atomic E-state index is 10.7. The number of aryl methyl sites for hydroxylation is 1. The number of rotatable bonds is 2. The zero-order chi connectivity index (χ0) is 11.5. The summed E-state index contributed by atoms with van der Waals surface area (Å²) < 4.78 is 1.01. The third-order valence-electron chi connectivity index (χ3n) is 2.12. The molecule has 0 radical (unpaired) electrons. The van der Waals surface area contributed by atoms with Gasteiger partial charge >= 0.3 is 0 Å². The maximum absolute atomic E-state index is 10.7. The van der Waals surface area contributed by atoms with Gasteiger partial charge in [-0.05, 0) is 25.1 Å². The van der Waals surface area contributed by atoms with Gasteiger partial charge in [-0.15, -0.1) is 0 Å². The van der Waals surface area contributed by atoms with Crippen molar-refractivity contribution in [2.75, 3.05) is 0 Å². The van der Waals surface area contributed by atoms with E-state index in [-0.39, 0.29) is 5.82 Å². The first-order valence-electron chi connectivity index (χ1n) is 4.76. The second-order valence-corrected chi connectivity index (χ2v) is 4.29. The molecule has 0 bridgehead atoms. The fourth-order valence-electron chi connectivity index (χ4n) is 1.41. The lowest BCUT2D eigenvalue weighted by molar-refractivity contribution is 0.111. The van der Waals surface area contributed by atoms with Crippen molar-refractivity contribution in [1.82, 2.24) is 9.97 Å². The average Bonchev–Trinajstić information content (AvgIpc) is 2.29. The van der Waals surface area contributed by atoms with Crippen LogP contribution in [-0.4, -0.2) is 16.3 Å². The van der Waals surface area contributed by atoms with Gasteiger partial charge in [0.15, 0.2) is 12.1 Å². The predicted molar refractivity (Wildman–Crippen MR) is 65.3 cm³/mol. The van der Waals surface area contributed by atoms with Crippen LogP contribution < -0.4 is 0 Å². The number of carbonyl (C=O) groups excluding carboxylic acids is 1. The lowest BCUT2D eigenvalue weighted by Crippen LogP contribution is -1.97. The van der Waals surface area contributed by atoms with Crippen LogP contribution >= 0.6 is 15.9 Å². The summed E-state index contributed by atoms with van der Waals surface area (Å²) in [5.74, 6) is 0.220. The number of hydrogen-bond acceptors (Lipinski definition) is 3. The molecular weight excluding hydrogens is 268 g/mol. The molecule has 0 unspecified atom stereocenters. The minimum atomic E-state index is 0.220. The molecule has 1 heterocycles. The lowest BCUT2D eigenvalue weighted by atomic mass is 10.1. The van der Waals surface area contributed by atoms with Gasteiger partial charge in [0.2, 0.25) is 0 Å². The largest absolute Gasteiger partial charge is 0.294 e. The van der Waals surface area contributed by atoms with Crippen molar-refractivity contribution in [3.63, 3.8) is 0 Å². The fraction of sp³-hybridized carbons (Fsp3) is 0.0833. The Labute approximate surface area is 102 Å². The molecule has 2 aromatic rings. The highest BCUT2D eigenvalue weighted by Crippen LogP contribution is 2.20. The van der Waals surface area contributed by atoms with E-state index in [0.717, 1.165) is 21.4 Å². The minimum Gasteiger partial charge on any atom is -0.294 e. The molecule has 0 atom stereocenters. The number of halogens is 1. The number of hydrogen-bond donors (Lipinski definition) is 0. The monoisotopic (exact) mass is 276 g/mol. The molecule has 0 amide bonds. The van der Waals surface area contributed by atoms with Gasteiger partial charge in [0.05, 0.1) is 5.69 Å². The number of aromatic nitrogens is 2. The van der Waals surface area contributed by atoms with Crippen molar-refractivity contribution in [3.8, 4) is 11.3 Å². The fourth-order valence-corrected chi connectivity index (χ4v) is 1.68. The summed E-state index contributed by atoms with van der Waals surface area (Å²) in [4.78, 5) is 18.8. The van der Waals surface area contributed by atoms with Gasteiger partial charge < -0.3 is 0 Å². The Bertz CT molecular complexity index is 523. The summed E-state index contributed by atoms with van der Waals surface area (Å²) in [6, 6.07) is 9.62. The van der Waals surface area contributed by atoms with Crippen molar-refractivity contribution >= 4 is 22.2 Å². The molecule has 0 aliphatic heterocycles. The lowest BCUT2D eigenvalue weighted by Gasteiger charge is -2.03. The zero-order valence-electron chi connectivity index (χ0n) is 8.64. The third-order valence-corrected chi connectivity index (χ3v) is 2.65. The van der Waals surface area contributed by atoms with Crippen LogP contribution in [0.3, 0.4) is 0 Å². The number of benzene rings is 1. The third kappa shape index (κ3) is 2.33. The molecule has 2 rings (SSSR count). The molecule has 16 heavy (non-hydrogen) atoms. The first kappa shape index (κ1) is 11.0. The predicted octanol–water partition coefficient (Wildman–Crippen LogP) is 3.03. The van der Waals surface area contributed by atoms with Gasteiger partial charge in [0, 0.05) is 15.7 Å². The van der Waals surface area contributed by atoms with E-state index in [2.05, 4.69) is 25.9 Å². The molecular formula is C12H9BrN2O. The molecule has 4 heteroatoms. The molecule has 1 aromatic carbocycles. The van der Waals surface area contributed by atoms with Crippen molar-refractivity contribution in [2.45, 2.75) is 6.92 Å². The smallest absolute Gasteiger partial charge is 0.193 e. The van der Waals surface area contributed by atoms with E-state index in [4.69, 9.17) is 0 Å². The average molecular weight is 277 g/mol. The van der Waals surface area contributed by atoms with Gasteiger partial charge in [0.1, 0.15) is 0 Å². The molecule has 3 nitrogen and oxygen atoms in total. The Morgan fingerprint density at radius 3 is 2.50 bits per heavy atom. The van der Waals surface area contributed by atoms with Crippen LogP contribution in [-0.2, 0) is 0 Å². The molecule has 1 aromatic heterocycles. The normalized spacial score (nSPS) is 10.1. The van der Waals surface area contributed by atoms with Crippen LogP contribution in [0.15, 0.2) is 34.8 Å². The zero-order valence-corrected chi connectivity index (χ0v) is 10.2. The summed E-state index contributed by atoms with van der Waals surface area (Å²) in [7, 11) is 0. The van der Waals surface area contributed by atoms with Crippen LogP contribution in [0.2, 0.25) is 0 Å². The minimum absolute atomic E-state index is 0.220. The molecule has 0 aliphatic carbocycles. The Morgan fingerprint density at radius 1 is 1.19 bits per heavy atom. The Kier molecular flexibility index (Phi) is 3.10. The van der Waals surface area contributed by atoms with Crippen LogP contribution in [0.5, 0.6) is 0 Å². The van der Waals surface area contributed by atoms with E-state index in [0.29, 0.717) is 6.29 Å². The highest BCUT2D eigenvalue weighted by atomic mass is 79.9. The van der Waals surface area contributed by atoms with Gasteiger partial charge in [0.25, 0.3) is 0 Å². The van der Waals surface area contributed by atoms with E-state index < -0.39 is 0 Å². The second kappa shape index (κ2) is 4.53. The Morgan fingerprint density at radius 2 is 1.88 bits per heavy atom. The maximum Gasteiger partial charge on any atom is 0.193 e. The standard InChI is InChI=1S/C12H9BrN2O/c1-8-6-11(15-12(7-16)14-8)9-2-4-10(13)5-3-9/h2-7H,1H3. The van der Waals surface area contributed by atoms with Crippen molar-refractivity contribution in [2.24, 2.45) is 0 Å². The first-order valence-corrected chi connectivity index (χ1v) is 5.55. The van der Waals surface area contributed by atoms with E-state index in [1.165, 1.54) is 0 Å². The van der Waals surface area contributed by atoms with E-state index >= 15 is 0 Å². The topological polar surface area (TPSA) is 42.9 Å². The van der Waals surface area contributed by atoms with Crippen LogP contribution in [0.1, 0.15) is 16.3 Å². The molecule has 0 saturated heterocycles. The molecule has 0 fully saturated rings. The summed E-state index contributed by atoms with van der Waals surface area (Å²) in [6.07, 6.45) is 0.662. The van der Waals surface area contributed by atoms with Crippen molar-refractivity contribution in [1.29, 1.82) is 0 Å². The number of carbonyl (C=O) groups is 1. The Hall–Kier alpha value is -1.55. The second-order valence-electron chi connectivity index (χ2n) is 3.38. The van der Waals surface area contributed by atoms with Crippen LogP contribution in [0.4, 0.5) is 0 Å². The van der Waals surface area contributed by atoms with Crippen molar-refractivity contribution < 1.29 is 4.79 Å². The summed E-state index contributed by atoms with van der Waals surface area (Å²) in [5, 5.41) is 0. The summed E-state index contributed by atoms with van der Waals surface area (Å²) >= 11 is 3.37. The van der Waals surface area contributed by atoms with E-state index in [1.54, 1.807) is 0 Å². The highest BCUT2D eigenvalue weighted by Gasteiger charge is 2.03. The molecule has 0 saturated carbocycles.